The summed E-state index contributed by atoms with van der Waals surface area (Å²) in [5, 5.41) is 3.01. The highest BCUT2D eigenvalue weighted by Gasteiger charge is 2.19. The maximum absolute atomic E-state index is 13.7. The molecule has 154 valence electrons. The number of ether oxygens (including phenoxy) is 1. The van der Waals surface area contributed by atoms with Crippen LogP contribution in [0.3, 0.4) is 0 Å². The van der Waals surface area contributed by atoms with E-state index in [9.17, 15) is 12.8 Å². The first kappa shape index (κ1) is 24.2. The van der Waals surface area contributed by atoms with E-state index in [0.29, 0.717) is 12.5 Å². The number of hydrogen-bond acceptors (Lipinski definition) is 4. The molecule has 0 unspecified atom stereocenters. The highest BCUT2D eigenvalue weighted by atomic mass is 127. The first-order valence-electron chi connectivity index (χ1n) is 8.40. The Labute approximate surface area is 182 Å². The van der Waals surface area contributed by atoms with Crippen molar-refractivity contribution in [2.75, 3.05) is 33.5 Å². The Bertz CT molecular complexity index is 907. The van der Waals surface area contributed by atoms with Gasteiger partial charge in [0, 0.05) is 32.7 Å². The molecule has 0 aliphatic rings. The van der Waals surface area contributed by atoms with Crippen LogP contribution in [0, 0.1) is 5.82 Å². The van der Waals surface area contributed by atoms with Crippen LogP contribution in [0.2, 0.25) is 0 Å². The first-order chi connectivity index (χ1) is 12.9. The molecule has 0 aromatic heterocycles. The molecule has 6 nitrogen and oxygen atoms in total. The highest BCUT2D eigenvalue weighted by molar-refractivity contribution is 14.0. The summed E-state index contributed by atoms with van der Waals surface area (Å²) in [4.78, 5) is 5.74. The summed E-state index contributed by atoms with van der Waals surface area (Å²) in [5.74, 6) is 0.317. The van der Waals surface area contributed by atoms with Crippen molar-refractivity contribution in [1.82, 2.24) is 10.2 Å². The van der Waals surface area contributed by atoms with Gasteiger partial charge in [0.1, 0.15) is 16.5 Å². The molecule has 0 radical (unpaired) electrons. The second kappa shape index (κ2) is 11.2. The smallest absolute Gasteiger partial charge is 0.193 e. The lowest BCUT2D eigenvalue weighted by molar-refractivity contribution is 0.396. The molecule has 0 amide bonds. The molecule has 28 heavy (non-hydrogen) atoms. The lowest BCUT2D eigenvalue weighted by Crippen LogP contribution is -2.40. The van der Waals surface area contributed by atoms with Gasteiger partial charge in [-0.15, -0.1) is 24.0 Å². The van der Waals surface area contributed by atoms with E-state index in [-0.39, 0.29) is 41.2 Å². The van der Waals surface area contributed by atoms with E-state index < -0.39 is 15.7 Å². The Morgan fingerprint density at radius 3 is 2.46 bits per heavy atom. The van der Waals surface area contributed by atoms with Crippen LogP contribution in [0.5, 0.6) is 5.75 Å². The van der Waals surface area contributed by atoms with Gasteiger partial charge in [-0.25, -0.2) is 12.8 Å². The van der Waals surface area contributed by atoms with Crippen molar-refractivity contribution in [2.24, 2.45) is 4.99 Å². The van der Waals surface area contributed by atoms with Crippen LogP contribution in [-0.4, -0.2) is 52.8 Å². The van der Waals surface area contributed by atoms with Crippen LogP contribution in [0.25, 0.3) is 0 Å². The molecule has 0 bridgehead atoms. The lowest BCUT2D eigenvalue weighted by atomic mass is 10.2. The van der Waals surface area contributed by atoms with Gasteiger partial charge in [0.2, 0.25) is 0 Å². The van der Waals surface area contributed by atoms with Crippen LogP contribution < -0.4 is 10.1 Å². The summed E-state index contributed by atoms with van der Waals surface area (Å²) in [7, 11) is 1.35. The number of benzene rings is 2. The zero-order chi connectivity index (χ0) is 19.9. The van der Waals surface area contributed by atoms with E-state index >= 15 is 0 Å². The second-order valence-corrected chi connectivity index (χ2v) is 7.97. The molecule has 0 aliphatic heterocycles. The third-order valence-electron chi connectivity index (χ3n) is 4.00. The predicted octanol–water partition coefficient (Wildman–Crippen LogP) is 2.93. The summed E-state index contributed by atoms with van der Waals surface area (Å²) in [5.41, 5.74) is 0.976. The van der Waals surface area contributed by atoms with Crippen molar-refractivity contribution < 1.29 is 17.5 Å². The standard InChI is InChI=1S/C19H24FN3O3S.HI/c1-21-19(23(2)14-15-8-4-6-10-17(15)26-3)22-12-13-27(24,25)18-11-7-5-9-16(18)20;/h4-11H,12-14H2,1-3H3,(H,21,22);1H. The second-order valence-electron chi connectivity index (χ2n) is 5.89. The topological polar surface area (TPSA) is 71.0 Å². The zero-order valence-corrected chi connectivity index (χ0v) is 19.2. The van der Waals surface area contributed by atoms with Crippen LogP contribution in [-0.2, 0) is 16.4 Å². The van der Waals surface area contributed by atoms with Gasteiger partial charge < -0.3 is 15.0 Å². The Hall–Kier alpha value is -1.88. The fourth-order valence-corrected chi connectivity index (χ4v) is 3.89. The fourth-order valence-electron chi connectivity index (χ4n) is 2.65. The minimum Gasteiger partial charge on any atom is -0.496 e. The molecule has 2 aromatic rings. The molecule has 2 rings (SSSR count). The number of halogens is 2. The molecule has 0 aliphatic carbocycles. The first-order valence-corrected chi connectivity index (χ1v) is 10.0. The maximum atomic E-state index is 13.7. The van der Waals surface area contributed by atoms with E-state index in [0.717, 1.165) is 17.4 Å². The number of aliphatic imine (C=N–C) groups is 1. The van der Waals surface area contributed by atoms with Crippen LogP contribution in [0.4, 0.5) is 4.39 Å². The Balaban J connectivity index is 0.00000392. The third-order valence-corrected chi connectivity index (χ3v) is 5.74. The molecule has 0 spiro atoms. The summed E-state index contributed by atoms with van der Waals surface area (Å²) < 4.78 is 43.7. The predicted molar refractivity (Wildman–Crippen MR) is 120 cm³/mol. The van der Waals surface area contributed by atoms with Gasteiger partial charge in [0.05, 0.1) is 12.9 Å². The van der Waals surface area contributed by atoms with E-state index in [1.807, 2.05) is 36.2 Å². The number of hydrogen-bond donors (Lipinski definition) is 1. The van der Waals surface area contributed by atoms with Crippen molar-refractivity contribution in [2.45, 2.75) is 11.4 Å². The van der Waals surface area contributed by atoms with Gasteiger partial charge in [0.25, 0.3) is 0 Å². The van der Waals surface area contributed by atoms with Crippen LogP contribution in [0.1, 0.15) is 5.56 Å². The molecule has 9 heteroatoms. The van der Waals surface area contributed by atoms with Crippen molar-refractivity contribution in [3.8, 4) is 5.75 Å². The highest BCUT2D eigenvalue weighted by Crippen LogP contribution is 2.19. The van der Waals surface area contributed by atoms with Gasteiger partial charge in [0.15, 0.2) is 15.8 Å². The van der Waals surface area contributed by atoms with Gasteiger partial charge in [-0.3, -0.25) is 4.99 Å². The van der Waals surface area contributed by atoms with Gasteiger partial charge >= 0.3 is 0 Å². The normalized spacial score (nSPS) is 11.5. The van der Waals surface area contributed by atoms with Gasteiger partial charge in [-0.1, -0.05) is 30.3 Å². The van der Waals surface area contributed by atoms with E-state index in [4.69, 9.17) is 4.74 Å². The van der Waals surface area contributed by atoms with Gasteiger partial charge in [-0.05, 0) is 18.2 Å². The Morgan fingerprint density at radius 2 is 1.82 bits per heavy atom. The summed E-state index contributed by atoms with van der Waals surface area (Å²) in [6.45, 7) is 0.642. The fraction of sp³-hybridized carbons (Fsp3) is 0.316. The summed E-state index contributed by atoms with van der Waals surface area (Å²) in [6.07, 6.45) is 0. The maximum Gasteiger partial charge on any atom is 0.193 e. The van der Waals surface area contributed by atoms with Crippen molar-refractivity contribution in [3.05, 3.63) is 59.9 Å². The molecular weight excluding hydrogens is 496 g/mol. The van der Waals surface area contributed by atoms with Crippen molar-refractivity contribution in [3.63, 3.8) is 0 Å². The minimum atomic E-state index is -3.72. The average Bonchev–Trinajstić information content (AvgIpc) is 2.65. The molecule has 0 saturated carbocycles. The Kier molecular flexibility index (Phi) is 9.66. The van der Waals surface area contributed by atoms with Gasteiger partial charge in [-0.2, -0.15) is 0 Å². The lowest BCUT2D eigenvalue weighted by Gasteiger charge is -2.23. The molecule has 0 heterocycles. The monoisotopic (exact) mass is 521 g/mol. The summed E-state index contributed by atoms with van der Waals surface area (Å²) in [6, 6.07) is 13.0. The van der Waals surface area contributed by atoms with Crippen LogP contribution >= 0.6 is 24.0 Å². The average molecular weight is 521 g/mol. The number of guanidine groups is 1. The molecule has 1 N–H and O–H groups in total. The van der Waals surface area contributed by atoms with E-state index in [2.05, 4.69) is 10.3 Å². The van der Waals surface area contributed by atoms with Crippen molar-refractivity contribution in [1.29, 1.82) is 0 Å². The quantitative estimate of drug-likeness (QED) is 0.345. The Morgan fingerprint density at radius 1 is 1.18 bits per heavy atom. The molecule has 0 saturated heterocycles. The SMILES string of the molecule is CN=C(NCCS(=O)(=O)c1ccccc1F)N(C)Cc1ccccc1OC.I. The van der Waals surface area contributed by atoms with E-state index in [1.165, 1.54) is 18.2 Å². The molecule has 2 aromatic carbocycles. The third kappa shape index (κ3) is 6.33. The molecule has 0 fully saturated rings. The number of para-hydroxylation sites is 1. The van der Waals surface area contributed by atoms with E-state index in [1.54, 1.807) is 14.2 Å². The zero-order valence-electron chi connectivity index (χ0n) is 16.1. The molecule has 0 atom stereocenters. The number of sulfone groups is 1. The van der Waals surface area contributed by atoms with Crippen LogP contribution in [0.15, 0.2) is 58.4 Å². The number of methoxy groups -OCH3 is 1. The van der Waals surface area contributed by atoms with Crippen molar-refractivity contribution >= 4 is 39.8 Å². The molecular formula is C19H25FIN3O3S. The number of nitrogens with one attached hydrogen (secondary N) is 1. The number of rotatable bonds is 7. The summed E-state index contributed by atoms with van der Waals surface area (Å²) >= 11 is 0. The largest absolute Gasteiger partial charge is 0.496 e. The number of nitrogens with zero attached hydrogens (tertiary/aromatic N) is 2. The minimum absolute atomic E-state index is 0.